The van der Waals surface area contributed by atoms with Crippen molar-refractivity contribution in [2.75, 3.05) is 22.8 Å². The molecule has 0 atom stereocenters. The largest absolute Gasteiger partial charge is 0.494 e. The first-order valence-electron chi connectivity index (χ1n) is 10.7. The molecule has 0 unspecified atom stereocenters. The average molecular weight is 479 g/mol. The van der Waals surface area contributed by atoms with Crippen LogP contribution in [0, 0.1) is 5.82 Å². The van der Waals surface area contributed by atoms with Crippen molar-refractivity contribution in [3.05, 3.63) is 96.8 Å². The van der Waals surface area contributed by atoms with Crippen LogP contribution < -0.4 is 14.4 Å². The van der Waals surface area contributed by atoms with Crippen LogP contribution in [0.2, 0.25) is 0 Å². The number of anilines is 2. The lowest BCUT2D eigenvalue weighted by Gasteiger charge is -2.24. The van der Waals surface area contributed by atoms with Crippen molar-refractivity contribution in [3.63, 3.8) is 0 Å². The summed E-state index contributed by atoms with van der Waals surface area (Å²) in [6.07, 6.45) is 0. The molecule has 6 nitrogen and oxygen atoms in total. The Morgan fingerprint density at radius 1 is 0.912 bits per heavy atom. The van der Waals surface area contributed by atoms with Crippen molar-refractivity contribution in [1.82, 2.24) is 0 Å². The highest BCUT2D eigenvalue weighted by atomic mass is 32.2. The molecule has 0 aliphatic rings. The highest BCUT2D eigenvalue weighted by molar-refractivity contribution is 7.92. The van der Waals surface area contributed by atoms with E-state index >= 15 is 0 Å². The third kappa shape index (κ3) is 5.02. The van der Waals surface area contributed by atoms with Gasteiger partial charge in [-0.3, -0.25) is 9.10 Å². The fraction of sp³-hybridized carbons (Fsp3) is 0.115. The summed E-state index contributed by atoms with van der Waals surface area (Å²) in [5.41, 5.74) is 0.856. The number of ether oxygens (including phenoxy) is 1. The van der Waals surface area contributed by atoms with Crippen molar-refractivity contribution in [3.8, 4) is 5.75 Å². The predicted molar refractivity (Wildman–Crippen MR) is 131 cm³/mol. The Labute approximate surface area is 197 Å². The second-order valence-electron chi connectivity index (χ2n) is 7.47. The van der Waals surface area contributed by atoms with Gasteiger partial charge < -0.3 is 10.1 Å². The van der Waals surface area contributed by atoms with E-state index in [-0.39, 0.29) is 10.6 Å². The van der Waals surface area contributed by atoms with E-state index in [1.165, 1.54) is 12.1 Å². The minimum atomic E-state index is -4.16. The van der Waals surface area contributed by atoms with E-state index in [2.05, 4.69) is 5.32 Å². The van der Waals surface area contributed by atoms with E-state index in [9.17, 15) is 17.6 Å². The van der Waals surface area contributed by atoms with Crippen LogP contribution in [-0.2, 0) is 14.8 Å². The van der Waals surface area contributed by atoms with Gasteiger partial charge in [0.05, 0.1) is 17.2 Å². The molecule has 8 heteroatoms. The van der Waals surface area contributed by atoms with Gasteiger partial charge in [0, 0.05) is 11.1 Å². The number of amides is 1. The predicted octanol–water partition coefficient (Wildman–Crippen LogP) is 5.21. The Morgan fingerprint density at radius 3 is 2.29 bits per heavy atom. The molecule has 0 saturated heterocycles. The maximum atomic E-state index is 13.4. The molecule has 174 valence electrons. The Kier molecular flexibility index (Phi) is 6.79. The first kappa shape index (κ1) is 23.3. The topological polar surface area (TPSA) is 75.7 Å². The number of nitrogens with zero attached hydrogens (tertiary/aromatic N) is 1. The second-order valence-corrected chi connectivity index (χ2v) is 9.33. The zero-order chi connectivity index (χ0) is 24.1. The summed E-state index contributed by atoms with van der Waals surface area (Å²) in [7, 11) is -4.16. The Hall–Kier alpha value is -3.91. The molecule has 0 aliphatic carbocycles. The van der Waals surface area contributed by atoms with Gasteiger partial charge in [-0.1, -0.05) is 36.4 Å². The van der Waals surface area contributed by atoms with E-state index in [1.807, 2.05) is 43.3 Å². The highest BCUT2D eigenvalue weighted by Gasteiger charge is 2.27. The summed E-state index contributed by atoms with van der Waals surface area (Å²) in [5.74, 6) is -0.498. The zero-order valence-electron chi connectivity index (χ0n) is 18.4. The second kappa shape index (κ2) is 9.93. The summed E-state index contributed by atoms with van der Waals surface area (Å²) < 4.78 is 46.7. The van der Waals surface area contributed by atoms with Gasteiger partial charge in [-0.2, -0.15) is 0 Å². The molecule has 0 heterocycles. The number of hydrogen-bond donors (Lipinski definition) is 1. The van der Waals surface area contributed by atoms with E-state index in [0.717, 1.165) is 27.2 Å². The quantitative estimate of drug-likeness (QED) is 0.377. The molecule has 0 radical (unpaired) electrons. The van der Waals surface area contributed by atoms with Crippen molar-refractivity contribution in [1.29, 1.82) is 0 Å². The molecule has 0 aliphatic heterocycles. The Morgan fingerprint density at radius 2 is 1.59 bits per heavy atom. The fourth-order valence-electron chi connectivity index (χ4n) is 3.58. The molecule has 0 aromatic heterocycles. The van der Waals surface area contributed by atoms with Gasteiger partial charge in [0.25, 0.3) is 10.0 Å². The van der Waals surface area contributed by atoms with Gasteiger partial charge in [-0.25, -0.2) is 12.8 Å². The van der Waals surface area contributed by atoms with Crippen molar-refractivity contribution < 1.29 is 22.3 Å². The van der Waals surface area contributed by atoms with Crippen LogP contribution in [0.25, 0.3) is 10.8 Å². The molecule has 4 aromatic rings. The molecular weight excluding hydrogens is 455 g/mol. The summed E-state index contributed by atoms with van der Waals surface area (Å²) in [4.78, 5) is 12.9. The van der Waals surface area contributed by atoms with Crippen LogP contribution in [-0.4, -0.2) is 27.5 Å². The van der Waals surface area contributed by atoms with E-state index in [0.29, 0.717) is 18.0 Å². The summed E-state index contributed by atoms with van der Waals surface area (Å²) in [6, 6.07) is 24.0. The normalized spacial score (nSPS) is 11.2. The van der Waals surface area contributed by atoms with Gasteiger partial charge >= 0.3 is 0 Å². The summed E-state index contributed by atoms with van der Waals surface area (Å²) in [5, 5.41) is 4.61. The number of rotatable bonds is 8. The lowest BCUT2D eigenvalue weighted by Crippen LogP contribution is -2.38. The minimum Gasteiger partial charge on any atom is -0.494 e. The number of carbonyl (C=O) groups excluding carboxylic acids is 1. The lowest BCUT2D eigenvalue weighted by molar-refractivity contribution is -0.114. The molecule has 0 spiro atoms. The van der Waals surface area contributed by atoms with Gasteiger partial charge in [0.1, 0.15) is 18.1 Å². The molecule has 0 saturated carbocycles. The standard InChI is InChI=1S/C26H23FN2O4S/c1-2-33-22-14-12-21(13-15-22)29(34(31,32)23-16-10-20(27)11-17-23)18-26(30)28-25-9-5-7-19-6-3-4-8-24(19)25/h3-17H,2,18H2,1H3,(H,28,30). The molecule has 1 amide bonds. The van der Waals surface area contributed by atoms with E-state index in [1.54, 1.807) is 30.3 Å². The molecule has 1 N–H and O–H groups in total. The molecule has 0 fully saturated rings. The van der Waals surface area contributed by atoms with Gasteiger partial charge in [-0.15, -0.1) is 0 Å². The molecule has 4 rings (SSSR count). The van der Waals surface area contributed by atoms with Crippen LogP contribution in [0.5, 0.6) is 5.75 Å². The van der Waals surface area contributed by atoms with Gasteiger partial charge in [-0.05, 0) is 66.9 Å². The van der Waals surface area contributed by atoms with Crippen LogP contribution >= 0.6 is 0 Å². The number of halogens is 1. The Bertz CT molecular complexity index is 1400. The van der Waals surface area contributed by atoms with Gasteiger partial charge in [0.15, 0.2) is 0 Å². The number of sulfonamides is 1. The maximum Gasteiger partial charge on any atom is 0.264 e. The molecule has 4 aromatic carbocycles. The monoisotopic (exact) mass is 478 g/mol. The smallest absolute Gasteiger partial charge is 0.264 e. The zero-order valence-corrected chi connectivity index (χ0v) is 19.3. The van der Waals surface area contributed by atoms with E-state index in [4.69, 9.17) is 4.74 Å². The average Bonchev–Trinajstić information content (AvgIpc) is 2.84. The summed E-state index contributed by atoms with van der Waals surface area (Å²) in [6.45, 7) is 1.83. The third-order valence-electron chi connectivity index (χ3n) is 5.19. The number of benzene rings is 4. The first-order chi connectivity index (χ1) is 16.4. The van der Waals surface area contributed by atoms with Gasteiger partial charge in [0.2, 0.25) is 5.91 Å². The SMILES string of the molecule is CCOc1ccc(N(CC(=O)Nc2cccc3ccccc23)S(=O)(=O)c2ccc(F)cc2)cc1. The molecule has 0 bridgehead atoms. The van der Waals surface area contributed by atoms with Crippen LogP contribution in [0.3, 0.4) is 0 Å². The van der Waals surface area contributed by atoms with Crippen LogP contribution in [0.1, 0.15) is 6.92 Å². The van der Waals surface area contributed by atoms with Crippen molar-refractivity contribution in [2.24, 2.45) is 0 Å². The fourth-order valence-corrected chi connectivity index (χ4v) is 5.00. The number of hydrogen-bond acceptors (Lipinski definition) is 4. The molecular formula is C26H23FN2O4S. The minimum absolute atomic E-state index is 0.124. The van der Waals surface area contributed by atoms with Crippen molar-refractivity contribution >= 4 is 38.1 Å². The highest BCUT2D eigenvalue weighted by Crippen LogP contribution is 2.27. The third-order valence-corrected chi connectivity index (χ3v) is 6.98. The first-order valence-corrected chi connectivity index (χ1v) is 12.1. The maximum absolute atomic E-state index is 13.4. The van der Waals surface area contributed by atoms with Crippen molar-refractivity contribution in [2.45, 2.75) is 11.8 Å². The molecule has 34 heavy (non-hydrogen) atoms. The lowest BCUT2D eigenvalue weighted by atomic mass is 10.1. The van der Waals surface area contributed by atoms with Crippen LogP contribution in [0.4, 0.5) is 15.8 Å². The summed E-state index contributed by atoms with van der Waals surface area (Å²) >= 11 is 0. The van der Waals surface area contributed by atoms with E-state index < -0.39 is 28.3 Å². The number of fused-ring (bicyclic) bond motifs is 1. The number of nitrogens with one attached hydrogen (secondary N) is 1. The Balaban J connectivity index is 1.67. The van der Waals surface area contributed by atoms with Crippen LogP contribution in [0.15, 0.2) is 95.9 Å². The number of carbonyl (C=O) groups is 1.